The molecular formula is C12H17ClN2O3. The van der Waals surface area contributed by atoms with Gasteiger partial charge in [0.05, 0.1) is 6.04 Å². The molecular weight excluding hydrogens is 256 g/mol. The van der Waals surface area contributed by atoms with Gasteiger partial charge in [0.2, 0.25) is 11.7 Å². The van der Waals surface area contributed by atoms with Crippen molar-refractivity contribution < 1.29 is 14.3 Å². The number of nitrogens with one attached hydrogen (secondary N) is 1. The first-order chi connectivity index (χ1) is 7.87. The average Bonchev–Trinajstić information content (AvgIpc) is 2.50. The zero-order chi connectivity index (χ0) is 12.6. The molecule has 1 unspecified atom stereocenters. The van der Waals surface area contributed by atoms with Crippen LogP contribution in [0.3, 0.4) is 0 Å². The van der Waals surface area contributed by atoms with Crippen LogP contribution in [0.5, 0.6) is 11.5 Å². The Kier molecular flexibility index (Phi) is 4.09. The first-order valence-electron chi connectivity index (χ1n) is 5.46. The fourth-order valence-electron chi connectivity index (χ4n) is 1.56. The number of carbonyl (C=O) groups excluding carboxylic acids is 1. The second-order valence-corrected chi connectivity index (χ2v) is 4.54. The molecule has 1 heterocycles. The Labute approximate surface area is 112 Å². The highest BCUT2D eigenvalue weighted by Crippen LogP contribution is 2.40. The van der Waals surface area contributed by atoms with Crippen LogP contribution in [0.2, 0.25) is 0 Å². The monoisotopic (exact) mass is 272 g/mol. The molecule has 0 radical (unpaired) electrons. The highest BCUT2D eigenvalue weighted by atomic mass is 35.5. The van der Waals surface area contributed by atoms with Gasteiger partial charge < -0.3 is 20.5 Å². The van der Waals surface area contributed by atoms with Crippen LogP contribution in [0.1, 0.15) is 20.8 Å². The molecule has 0 saturated carbocycles. The molecule has 0 saturated heterocycles. The summed E-state index contributed by atoms with van der Waals surface area (Å²) >= 11 is 0. The number of halogens is 1. The molecule has 1 aromatic rings. The summed E-state index contributed by atoms with van der Waals surface area (Å²) < 4.78 is 11.1. The molecule has 0 spiro atoms. The Morgan fingerprint density at radius 2 is 1.94 bits per heavy atom. The van der Waals surface area contributed by atoms with Gasteiger partial charge in [-0.3, -0.25) is 4.79 Å². The number of anilines is 1. The van der Waals surface area contributed by atoms with E-state index in [0.717, 1.165) is 0 Å². The van der Waals surface area contributed by atoms with E-state index >= 15 is 0 Å². The summed E-state index contributed by atoms with van der Waals surface area (Å²) in [7, 11) is 0. The van der Waals surface area contributed by atoms with Crippen molar-refractivity contribution in [2.45, 2.75) is 32.6 Å². The Morgan fingerprint density at radius 3 is 2.56 bits per heavy atom. The van der Waals surface area contributed by atoms with Crippen LogP contribution in [0, 0.1) is 0 Å². The van der Waals surface area contributed by atoms with Gasteiger partial charge in [-0.15, -0.1) is 12.4 Å². The van der Waals surface area contributed by atoms with Crippen molar-refractivity contribution in [3.63, 3.8) is 0 Å². The molecule has 1 aliphatic rings. The molecule has 1 amide bonds. The zero-order valence-corrected chi connectivity index (χ0v) is 11.3. The topological polar surface area (TPSA) is 73.6 Å². The van der Waals surface area contributed by atoms with Crippen molar-refractivity contribution in [3.05, 3.63) is 18.2 Å². The molecule has 6 heteroatoms. The molecule has 0 aliphatic carbocycles. The van der Waals surface area contributed by atoms with Crippen LogP contribution in [-0.2, 0) is 4.79 Å². The Balaban J connectivity index is 0.00000162. The lowest BCUT2D eigenvalue weighted by atomic mass is 10.2. The van der Waals surface area contributed by atoms with Gasteiger partial charge in [-0.2, -0.15) is 0 Å². The SMILES string of the molecule is CC(N)C(=O)Nc1ccc2c(c1)OC(C)(C)O2.Cl. The summed E-state index contributed by atoms with van der Waals surface area (Å²) in [6.07, 6.45) is 0. The normalized spacial score (nSPS) is 16.7. The number of carbonyl (C=O) groups is 1. The third-order valence-electron chi connectivity index (χ3n) is 2.34. The molecule has 0 fully saturated rings. The minimum atomic E-state index is -0.661. The van der Waals surface area contributed by atoms with E-state index in [0.29, 0.717) is 17.2 Å². The van der Waals surface area contributed by atoms with E-state index in [-0.39, 0.29) is 18.3 Å². The molecule has 5 nitrogen and oxygen atoms in total. The van der Waals surface area contributed by atoms with Crippen LogP contribution in [0.4, 0.5) is 5.69 Å². The van der Waals surface area contributed by atoms with Crippen molar-refractivity contribution in [2.24, 2.45) is 5.73 Å². The van der Waals surface area contributed by atoms with Gasteiger partial charge in [-0.1, -0.05) is 0 Å². The van der Waals surface area contributed by atoms with Gasteiger partial charge in [0.25, 0.3) is 0 Å². The van der Waals surface area contributed by atoms with Gasteiger partial charge in [-0.05, 0) is 19.1 Å². The highest BCUT2D eigenvalue weighted by Gasteiger charge is 2.31. The van der Waals surface area contributed by atoms with Gasteiger partial charge >= 0.3 is 0 Å². The molecule has 2 rings (SSSR count). The molecule has 100 valence electrons. The maximum Gasteiger partial charge on any atom is 0.246 e. The second-order valence-electron chi connectivity index (χ2n) is 4.54. The minimum absolute atomic E-state index is 0. The molecule has 3 N–H and O–H groups in total. The van der Waals surface area contributed by atoms with Gasteiger partial charge in [0.1, 0.15) is 0 Å². The van der Waals surface area contributed by atoms with E-state index in [1.165, 1.54) is 0 Å². The quantitative estimate of drug-likeness (QED) is 0.862. The number of benzene rings is 1. The average molecular weight is 273 g/mol. The molecule has 1 aliphatic heterocycles. The van der Waals surface area contributed by atoms with E-state index in [1.54, 1.807) is 25.1 Å². The largest absolute Gasteiger partial charge is 0.449 e. The maximum absolute atomic E-state index is 11.4. The first kappa shape index (κ1) is 14.6. The van der Waals surface area contributed by atoms with Crippen LogP contribution in [0.25, 0.3) is 0 Å². The summed E-state index contributed by atoms with van der Waals surface area (Å²) in [5, 5.41) is 2.70. The predicted molar refractivity (Wildman–Crippen MR) is 71.3 cm³/mol. The fraction of sp³-hybridized carbons (Fsp3) is 0.417. The first-order valence-corrected chi connectivity index (χ1v) is 5.46. The zero-order valence-electron chi connectivity index (χ0n) is 10.5. The Hall–Kier alpha value is -1.46. The summed E-state index contributed by atoms with van der Waals surface area (Å²) in [6, 6.07) is 4.70. The minimum Gasteiger partial charge on any atom is -0.449 e. The Morgan fingerprint density at radius 1 is 1.33 bits per heavy atom. The predicted octanol–water partition coefficient (Wildman–Crippen LogP) is 1.90. The fourth-order valence-corrected chi connectivity index (χ4v) is 1.56. The lowest BCUT2D eigenvalue weighted by Gasteiger charge is -2.16. The third kappa shape index (κ3) is 3.05. The Bertz CT molecular complexity index is 461. The van der Waals surface area contributed by atoms with E-state index in [2.05, 4.69) is 5.32 Å². The van der Waals surface area contributed by atoms with Gasteiger partial charge in [0, 0.05) is 25.6 Å². The summed E-state index contributed by atoms with van der Waals surface area (Å²) in [5.41, 5.74) is 6.12. The van der Waals surface area contributed by atoms with Crippen molar-refractivity contribution in [3.8, 4) is 11.5 Å². The number of rotatable bonds is 2. The number of hydrogen-bond donors (Lipinski definition) is 2. The highest BCUT2D eigenvalue weighted by molar-refractivity contribution is 5.94. The number of hydrogen-bond acceptors (Lipinski definition) is 4. The van der Waals surface area contributed by atoms with E-state index in [4.69, 9.17) is 15.2 Å². The van der Waals surface area contributed by atoms with Crippen molar-refractivity contribution >= 4 is 24.0 Å². The molecule has 0 aromatic heterocycles. The summed E-state index contributed by atoms with van der Waals surface area (Å²) in [4.78, 5) is 11.4. The number of fused-ring (bicyclic) bond motifs is 1. The van der Waals surface area contributed by atoms with E-state index in [1.807, 2.05) is 13.8 Å². The molecule has 1 aromatic carbocycles. The number of ether oxygens (including phenoxy) is 2. The van der Waals surface area contributed by atoms with Gasteiger partial charge in [0.15, 0.2) is 11.5 Å². The van der Waals surface area contributed by atoms with Crippen molar-refractivity contribution in [1.82, 2.24) is 0 Å². The van der Waals surface area contributed by atoms with Gasteiger partial charge in [-0.25, -0.2) is 0 Å². The van der Waals surface area contributed by atoms with Crippen molar-refractivity contribution in [1.29, 1.82) is 0 Å². The molecule has 18 heavy (non-hydrogen) atoms. The van der Waals surface area contributed by atoms with Crippen LogP contribution in [-0.4, -0.2) is 17.7 Å². The van der Waals surface area contributed by atoms with E-state index < -0.39 is 11.8 Å². The second kappa shape index (κ2) is 5.04. The third-order valence-corrected chi connectivity index (χ3v) is 2.34. The summed E-state index contributed by atoms with van der Waals surface area (Å²) in [6.45, 7) is 5.28. The maximum atomic E-state index is 11.4. The molecule has 0 bridgehead atoms. The lowest BCUT2D eigenvalue weighted by molar-refractivity contribution is -0.117. The number of nitrogens with two attached hydrogens (primary N) is 1. The lowest BCUT2D eigenvalue weighted by Crippen LogP contribution is -2.32. The number of amides is 1. The molecule has 1 atom stereocenters. The summed E-state index contributed by atoms with van der Waals surface area (Å²) in [5.74, 6) is 0.404. The standard InChI is InChI=1S/C12H16N2O3.ClH/c1-7(13)11(15)14-8-4-5-9-10(6-8)17-12(2,3)16-9;/h4-7H,13H2,1-3H3,(H,14,15);1H. The van der Waals surface area contributed by atoms with Crippen molar-refractivity contribution in [2.75, 3.05) is 5.32 Å². The van der Waals surface area contributed by atoms with Crippen LogP contribution < -0.4 is 20.5 Å². The van der Waals surface area contributed by atoms with Crippen LogP contribution in [0.15, 0.2) is 18.2 Å². The smallest absolute Gasteiger partial charge is 0.246 e. The van der Waals surface area contributed by atoms with Crippen LogP contribution >= 0.6 is 12.4 Å². The van der Waals surface area contributed by atoms with E-state index in [9.17, 15) is 4.79 Å².